The number of hydrogen-bond donors (Lipinski definition) is 2. The lowest BCUT2D eigenvalue weighted by Crippen LogP contribution is -2.48. The van der Waals surface area contributed by atoms with Gasteiger partial charge in [0.05, 0.1) is 11.9 Å². The Morgan fingerprint density at radius 2 is 2.09 bits per heavy atom. The maximum atomic E-state index is 12.7. The largest absolute Gasteiger partial charge is 0.392 e. The Labute approximate surface area is 135 Å². The summed E-state index contributed by atoms with van der Waals surface area (Å²) >= 11 is 0. The number of aliphatic hydroxyl groups excluding tert-OH is 1. The van der Waals surface area contributed by atoms with Crippen LogP contribution in [-0.4, -0.2) is 41.2 Å². The van der Waals surface area contributed by atoms with Crippen molar-refractivity contribution in [3.63, 3.8) is 0 Å². The average Bonchev–Trinajstić information content (AvgIpc) is 3.17. The third-order valence-electron chi connectivity index (χ3n) is 4.29. The minimum absolute atomic E-state index is 0.0919. The van der Waals surface area contributed by atoms with Gasteiger partial charge in [-0.25, -0.2) is 8.42 Å². The molecule has 0 atom stereocenters. The van der Waals surface area contributed by atoms with E-state index in [9.17, 15) is 13.2 Å². The average molecular weight is 342 g/mol. The second-order valence-electron chi connectivity index (χ2n) is 6.25. The summed E-state index contributed by atoms with van der Waals surface area (Å²) in [7, 11) is -3.60. The van der Waals surface area contributed by atoms with Crippen molar-refractivity contribution in [2.24, 2.45) is 0 Å². The van der Waals surface area contributed by atoms with Gasteiger partial charge in [-0.05, 0) is 26.7 Å². The van der Waals surface area contributed by atoms with E-state index in [1.807, 2.05) is 0 Å². The van der Waals surface area contributed by atoms with Gasteiger partial charge in [-0.2, -0.15) is 0 Å². The molecule has 1 fully saturated rings. The molecule has 128 valence electrons. The first-order valence-corrected chi connectivity index (χ1v) is 9.05. The van der Waals surface area contributed by atoms with Crippen LogP contribution in [0.1, 0.15) is 45.3 Å². The number of nitrogens with one attached hydrogen (secondary N) is 1. The first-order chi connectivity index (χ1) is 10.7. The third-order valence-corrected chi connectivity index (χ3v) is 7.25. The summed E-state index contributed by atoms with van der Waals surface area (Å²) in [6.07, 6.45) is 2.95. The highest BCUT2D eigenvalue weighted by Crippen LogP contribution is 2.33. The minimum atomic E-state index is -3.60. The van der Waals surface area contributed by atoms with Crippen molar-refractivity contribution in [3.8, 4) is 0 Å². The van der Waals surface area contributed by atoms with E-state index in [4.69, 9.17) is 9.63 Å². The van der Waals surface area contributed by atoms with Crippen LogP contribution in [0.5, 0.6) is 0 Å². The summed E-state index contributed by atoms with van der Waals surface area (Å²) in [6, 6.07) is 1.40. The Bertz CT molecular complexity index is 699. The van der Waals surface area contributed by atoms with Gasteiger partial charge in [0.1, 0.15) is 4.75 Å². The summed E-state index contributed by atoms with van der Waals surface area (Å²) in [6.45, 7) is 6.10. The lowest BCUT2D eigenvalue weighted by Gasteiger charge is -2.26. The highest BCUT2D eigenvalue weighted by molar-refractivity contribution is 7.94. The molecule has 1 saturated carbocycles. The van der Waals surface area contributed by atoms with Gasteiger partial charge in [-0.1, -0.05) is 24.6 Å². The van der Waals surface area contributed by atoms with Crippen molar-refractivity contribution >= 4 is 27.1 Å². The van der Waals surface area contributed by atoms with Crippen molar-refractivity contribution < 1.29 is 22.8 Å². The quantitative estimate of drug-likeness (QED) is 0.815. The van der Waals surface area contributed by atoms with E-state index < -0.39 is 25.7 Å². The molecule has 7 nitrogen and oxygen atoms in total. The number of anilines is 1. The molecule has 1 aromatic rings. The predicted molar refractivity (Wildman–Crippen MR) is 86.5 cm³/mol. The number of aromatic nitrogens is 1. The van der Waals surface area contributed by atoms with Gasteiger partial charge in [-0.15, -0.1) is 0 Å². The predicted octanol–water partition coefficient (Wildman–Crippen LogP) is 1.75. The number of hydrogen-bond acceptors (Lipinski definition) is 6. The van der Waals surface area contributed by atoms with Crippen LogP contribution in [0.25, 0.3) is 5.57 Å². The standard InChI is InChI=1S/C15H22N2O5S/c1-10(9-18)12-8-13(17-22-12)16-14(19)15(2,3)23(20,21)11-6-4-5-7-11/h8,11,18H,1,4-7,9H2,2-3H3,(H,16,17,19). The Hall–Kier alpha value is -1.67. The zero-order chi connectivity index (χ0) is 17.3. The van der Waals surface area contributed by atoms with Crippen LogP contribution >= 0.6 is 0 Å². The second-order valence-corrected chi connectivity index (χ2v) is 9.03. The van der Waals surface area contributed by atoms with Gasteiger partial charge in [0, 0.05) is 11.6 Å². The molecular weight excluding hydrogens is 320 g/mol. The molecule has 0 aliphatic heterocycles. The summed E-state index contributed by atoms with van der Waals surface area (Å²) in [5.74, 6) is -0.326. The van der Waals surface area contributed by atoms with Crippen LogP contribution in [0.3, 0.4) is 0 Å². The van der Waals surface area contributed by atoms with E-state index in [-0.39, 0.29) is 18.2 Å². The summed E-state index contributed by atoms with van der Waals surface area (Å²) in [5, 5.41) is 14.6. The lowest BCUT2D eigenvalue weighted by atomic mass is 10.2. The van der Waals surface area contributed by atoms with E-state index in [0.717, 1.165) is 12.8 Å². The zero-order valence-electron chi connectivity index (χ0n) is 13.3. The van der Waals surface area contributed by atoms with Crippen molar-refractivity contribution in [2.45, 2.75) is 49.5 Å². The Morgan fingerprint density at radius 1 is 1.48 bits per heavy atom. The number of aliphatic hydroxyl groups is 1. The monoisotopic (exact) mass is 342 g/mol. The Morgan fingerprint density at radius 3 is 2.65 bits per heavy atom. The number of rotatable bonds is 6. The van der Waals surface area contributed by atoms with Crippen LogP contribution in [0, 0.1) is 0 Å². The number of amides is 1. The molecular formula is C15H22N2O5S. The Balaban J connectivity index is 2.15. The smallest absolute Gasteiger partial charge is 0.246 e. The molecule has 0 unspecified atom stereocenters. The molecule has 0 radical (unpaired) electrons. The summed E-state index contributed by atoms with van der Waals surface area (Å²) in [4.78, 5) is 12.4. The van der Waals surface area contributed by atoms with Crippen LogP contribution < -0.4 is 5.32 Å². The van der Waals surface area contributed by atoms with E-state index >= 15 is 0 Å². The molecule has 0 saturated heterocycles. The Kier molecular flexibility index (Phi) is 4.95. The molecule has 0 aromatic carbocycles. The van der Waals surface area contributed by atoms with Gasteiger partial charge in [-0.3, -0.25) is 4.79 Å². The molecule has 2 rings (SSSR count). The second kappa shape index (κ2) is 6.45. The first-order valence-electron chi connectivity index (χ1n) is 7.50. The van der Waals surface area contributed by atoms with Crippen molar-refractivity contribution in [1.82, 2.24) is 5.16 Å². The maximum Gasteiger partial charge on any atom is 0.246 e. The molecule has 1 heterocycles. The fraction of sp³-hybridized carbons (Fsp3) is 0.600. The molecule has 0 bridgehead atoms. The number of sulfone groups is 1. The SMILES string of the molecule is C=C(CO)c1cc(NC(=O)C(C)(C)S(=O)(=O)C2CCCC2)no1. The van der Waals surface area contributed by atoms with Gasteiger partial charge in [0.25, 0.3) is 0 Å². The third kappa shape index (κ3) is 3.32. The normalized spacial score (nSPS) is 16.5. The zero-order valence-corrected chi connectivity index (χ0v) is 14.1. The van der Waals surface area contributed by atoms with Gasteiger partial charge < -0.3 is 14.9 Å². The van der Waals surface area contributed by atoms with Crippen molar-refractivity contribution in [1.29, 1.82) is 0 Å². The molecule has 23 heavy (non-hydrogen) atoms. The highest BCUT2D eigenvalue weighted by atomic mass is 32.2. The van der Waals surface area contributed by atoms with E-state index in [1.165, 1.54) is 19.9 Å². The molecule has 2 N–H and O–H groups in total. The van der Waals surface area contributed by atoms with Crippen LogP contribution in [-0.2, 0) is 14.6 Å². The van der Waals surface area contributed by atoms with Crippen LogP contribution in [0.15, 0.2) is 17.2 Å². The summed E-state index contributed by atoms with van der Waals surface area (Å²) < 4.78 is 28.8. The van der Waals surface area contributed by atoms with E-state index in [2.05, 4.69) is 17.1 Å². The minimum Gasteiger partial charge on any atom is -0.392 e. The molecule has 1 aliphatic rings. The number of carbonyl (C=O) groups excluding carboxylic acids is 1. The maximum absolute atomic E-state index is 12.7. The molecule has 0 spiro atoms. The molecule has 1 aliphatic carbocycles. The lowest BCUT2D eigenvalue weighted by molar-refractivity contribution is -0.117. The van der Waals surface area contributed by atoms with Crippen molar-refractivity contribution in [2.75, 3.05) is 11.9 Å². The van der Waals surface area contributed by atoms with E-state index in [1.54, 1.807) is 0 Å². The topological polar surface area (TPSA) is 110 Å². The molecule has 1 aromatic heterocycles. The number of nitrogens with zero attached hydrogens (tertiary/aromatic N) is 1. The molecule has 8 heteroatoms. The fourth-order valence-electron chi connectivity index (χ4n) is 2.59. The van der Waals surface area contributed by atoms with E-state index in [0.29, 0.717) is 18.4 Å². The van der Waals surface area contributed by atoms with Crippen molar-refractivity contribution in [3.05, 3.63) is 18.4 Å². The van der Waals surface area contributed by atoms with Gasteiger partial charge in [0.2, 0.25) is 5.91 Å². The van der Waals surface area contributed by atoms with Gasteiger partial charge in [0.15, 0.2) is 21.4 Å². The summed E-state index contributed by atoms with van der Waals surface area (Å²) in [5.41, 5.74) is 0.316. The number of carbonyl (C=O) groups is 1. The van der Waals surface area contributed by atoms with Crippen LogP contribution in [0.2, 0.25) is 0 Å². The first kappa shape index (κ1) is 17.7. The molecule has 1 amide bonds. The van der Waals surface area contributed by atoms with Gasteiger partial charge >= 0.3 is 0 Å². The van der Waals surface area contributed by atoms with Crippen LogP contribution in [0.4, 0.5) is 5.82 Å². The fourth-order valence-corrected chi connectivity index (χ4v) is 4.69. The highest BCUT2D eigenvalue weighted by Gasteiger charge is 2.47.